The molecule has 1 fully saturated rings. The number of non-ortho nitro benzene ring substituents is 1. The van der Waals surface area contributed by atoms with E-state index >= 15 is 0 Å². The first kappa shape index (κ1) is 17.2. The number of nitro groups is 1. The molecule has 1 aromatic rings. The van der Waals surface area contributed by atoms with Crippen LogP contribution < -0.4 is 0 Å². The van der Waals surface area contributed by atoms with Crippen molar-refractivity contribution in [3.63, 3.8) is 0 Å². The summed E-state index contributed by atoms with van der Waals surface area (Å²) >= 11 is 0. The third-order valence-corrected chi connectivity index (χ3v) is 3.90. The number of carbonyl (C=O) groups is 1. The highest BCUT2D eigenvalue weighted by Gasteiger charge is 2.35. The molecule has 0 radical (unpaired) electrons. The molecular formula is C14H15F3N2O4. The first-order valence-electron chi connectivity index (χ1n) is 6.93. The molecule has 23 heavy (non-hydrogen) atoms. The van der Waals surface area contributed by atoms with Gasteiger partial charge in [0.2, 0.25) is 0 Å². The van der Waals surface area contributed by atoms with E-state index in [2.05, 4.69) is 0 Å². The number of carbonyl (C=O) groups excluding carboxylic acids is 1. The highest BCUT2D eigenvalue weighted by atomic mass is 19.4. The molecule has 1 aliphatic heterocycles. The molecule has 9 heteroatoms. The maximum Gasteiger partial charge on any atom is 0.416 e. The van der Waals surface area contributed by atoms with Gasteiger partial charge in [-0.1, -0.05) is 0 Å². The Morgan fingerprint density at radius 1 is 1.43 bits per heavy atom. The van der Waals surface area contributed by atoms with Crippen molar-refractivity contribution in [3.05, 3.63) is 39.4 Å². The van der Waals surface area contributed by atoms with Gasteiger partial charge in [0.1, 0.15) is 0 Å². The van der Waals surface area contributed by atoms with Crippen LogP contribution in [0, 0.1) is 16.0 Å². The average molecular weight is 332 g/mol. The van der Waals surface area contributed by atoms with Gasteiger partial charge < -0.3 is 10.0 Å². The Labute approximate surface area is 129 Å². The van der Waals surface area contributed by atoms with Crippen LogP contribution in [0.4, 0.5) is 18.9 Å². The number of amides is 1. The van der Waals surface area contributed by atoms with Crippen molar-refractivity contribution < 1.29 is 28.0 Å². The number of aliphatic hydroxyl groups excluding tert-OH is 1. The lowest BCUT2D eigenvalue weighted by Crippen LogP contribution is -2.30. The van der Waals surface area contributed by atoms with Crippen molar-refractivity contribution in [2.24, 2.45) is 5.92 Å². The molecule has 1 aliphatic rings. The van der Waals surface area contributed by atoms with Crippen molar-refractivity contribution in [3.8, 4) is 0 Å². The van der Waals surface area contributed by atoms with Crippen LogP contribution in [-0.2, 0) is 6.18 Å². The molecule has 2 unspecified atom stereocenters. The SMILES string of the molecule is CC(O)C1CCN(C(=O)c2cc([N+](=O)[O-])cc(C(F)(F)F)c2)C1. The molecule has 126 valence electrons. The monoisotopic (exact) mass is 332 g/mol. The van der Waals surface area contributed by atoms with Gasteiger partial charge in [-0.2, -0.15) is 13.2 Å². The van der Waals surface area contributed by atoms with E-state index < -0.39 is 34.4 Å². The molecule has 0 saturated carbocycles. The van der Waals surface area contributed by atoms with Crippen LogP contribution in [0.15, 0.2) is 18.2 Å². The summed E-state index contributed by atoms with van der Waals surface area (Å²) in [6.07, 6.45) is -4.89. The van der Waals surface area contributed by atoms with Crippen molar-refractivity contribution in [1.29, 1.82) is 0 Å². The molecule has 0 aliphatic carbocycles. The van der Waals surface area contributed by atoms with Gasteiger partial charge in [-0.15, -0.1) is 0 Å². The number of rotatable bonds is 3. The third-order valence-electron chi connectivity index (χ3n) is 3.90. The number of nitrogens with zero attached hydrogens (tertiary/aromatic N) is 2. The van der Waals surface area contributed by atoms with Crippen molar-refractivity contribution >= 4 is 11.6 Å². The Morgan fingerprint density at radius 2 is 2.09 bits per heavy atom. The number of hydrogen-bond acceptors (Lipinski definition) is 4. The summed E-state index contributed by atoms with van der Waals surface area (Å²) in [4.78, 5) is 23.5. The first-order chi connectivity index (χ1) is 10.6. The fourth-order valence-electron chi connectivity index (χ4n) is 2.55. The second-order valence-corrected chi connectivity index (χ2v) is 5.56. The standard InChI is InChI=1S/C14H15F3N2O4/c1-8(20)9-2-3-18(7-9)13(21)10-4-11(14(15,16)17)6-12(5-10)19(22)23/h4-6,8-9,20H,2-3,7H2,1H3. The number of alkyl halides is 3. The maximum atomic E-state index is 12.8. The molecule has 0 spiro atoms. The average Bonchev–Trinajstić information content (AvgIpc) is 2.95. The quantitative estimate of drug-likeness (QED) is 0.681. The van der Waals surface area contributed by atoms with Crippen molar-refractivity contribution in [2.75, 3.05) is 13.1 Å². The van der Waals surface area contributed by atoms with E-state index in [1.807, 2.05) is 0 Å². The largest absolute Gasteiger partial charge is 0.416 e. The molecule has 1 heterocycles. The minimum absolute atomic E-state index is 0.153. The molecule has 1 amide bonds. The van der Waals surface area contributed by atoms with E-state index in [4.69, 9.17) is 0 Å². The van der Waals surface area contributed by atoms with Crippen molar-refractivity contribution in [1.82, 2.24) is 4.90 Å². The lowest BCUT2D eigenvalue weighted by Gasteiger charge is -2.18. The summed E-state index contributed by atoms with van der Waals surface area (Å²) in [6, 6.07) is 1.86. The maximum absolute atomic E-state index is 12.8. The molecule has 1 saturated heterocycles. The lowest BCUT2D eigenvalue weighted by atomic mass is 10.0. The summed E-state index contributed by atoms with van der Waals surface area (Å²) in [5.41, 5.74) is -2.39. The number of nitro benzene ring substituents is 1. The minimum atomic E-state index is -4.78. The van der Waals surface area contributed by atoms with E-state index in [0.717, 1.165) is 6.07 Å². The number of aliphatic hydroxyl groups is 1. The lowest BCUT2D eigenvalue weighted by molar-refractivity contribution is -0.385. The molecular weight excluding hydrogens is 317 g/mol. The molecule has 2 atom stereocenters. The summed E-state index contributed by atoms with van der Waals surface area (Å²) in [7, 11) is 0. The van der Waals surface area contributed by atoms with Crippen LogP contribution in [0.1, 0.15) is 29.3 Å². The summed E-state index contributed by atoms with van der Waals surface area (Å²) in [5, 5.41) is 20.3. The van der Waals surface area contributed by atoms with Crippen LogP contribution in [-0.4, -0.2) is 40.0 Å². The third kappa shape index (κ3) is 3.79. The molecule has 1 aromatic carbocycles. The smallest absolute Gasteiger partial charge is 0.393 e. The summed E-state index contributed by atoms with van der Waals surface area (Å²) in [6.45, 7) is 2.08. The summed E-state index contributed by atoms with van der Waals surface area (Å²) < 4.78 is 38.5. The van der Waals surface area contributed by atoms with E-state index in [1.165, 1.54) is 4.90 Å². The highest BCUT2D eigenvalue weighted by molar-refractivity contribution is 5.95. The number of likely N-dealkylation sites (tertiary alicyclic amines) is 1. The fourth-order valence-corrected chi connectivity index (χ4v) is 2.55. The predicted molar refractivity (Wildman–Crippen MR) is 73.8 cm³/mol. The number of benzene rings is 1. The van der Waals surface area contributed by atoms with Crippen LogP contribution in [0.5, 0.6) is 0 Å². The second-order valence-electron chi connectivity index (χ2n) is 5.56. The van der Waals surface area contributed by atoms with Gasteiger partial charge in [0.25, 0.3) is 11.6 Å². The number of hydrogen-bond donors (Lipinski definition) is 1. The predicted octanol–water partition coefficient (Wildman–Crippen LogP) is 2.46. The zero-order chi connectivity index (χ0) is 17.4. The van der Waals surface area contributed by atoms with Gasteiger partial charge in [0, 0.05) is 36.7 Å². The van der Waals surface area contributed by atoms with Gasteiger partial charge in [0.05, 0.1) is 16.6 Å². The van der Waals surface area contributed by atoms with Crippen LogP contribution in [0.2, 0.25) is 0 Å². The first-order valence-corrected chi connectivity index (χ1v) is 6.93. The normalized spacial score (nSPS) is 19.7. The van der Waals surface area contributed by atoms with Crippen LogP contribution in [0.3, 0.4) is 0 Å². The molecule has 0 aromatic heterocycles. The van der Waals surface area contributed by atoms with E-state index in [9.17, 15) is 33.2 Å². The van der Waals surface area contributed by atoms with Gasteiger partial charge in [-0.05, 0) is 19.4 Å². The minimum Gasteiger partial charge on any atom is -0.393 e. The van der Waals surface area contributed by atoms with Gasteiger partial charge in [-0.3, -0.25) is 14.9 Å². The fraction of sp³-hybridized carbons (Fsp3) is 0.500. The second kappa shape index (κ2) is 6.15. The van der Waals surface area contributed by atoms with E-state index in [1.54, 1.807) is 6.92 Å². The summed E-state index contributed by atoms with van der Waals surface area (Å²) in [5.74, 6) is -0.859. The zero-order valence-electron chi connectivity index (χ0n) is 12.2. The van der Waals surface area contributed by atoms with Crippen molar-refractivity contribution in [2.45, 2.75) is 25.6 Å². The molecule has 6 nitrogen and oxygen atoms in total. The Bertz CT molecular complexity index is 631. The van der Waals surface area contributed by atoms with Gasteiger partial charge >= 0.3 is 6.18 Å². The Balaban J connectivity index is 2.33. The van der Waals surface area contributed by atoms with Crippen LogP contribution in [0.25, 0.3) is 0 Å². The molecule has 1 N–H and O–H groups in total. The highest BCUT2D eigenvalue weighted by Crippen LogP contribution is 2.33. The van der Waals surface area contributed by atoms with Crippen LogP contribution >= 0.6 is 0 Å². The Kier molecular flexibility index (Phi) is 4.60. The van der Waals surface area contributed by atoms with Gasteiger partial charge in [-0.25, -0.2) is 0 Å². The number of halogens is 3. The Morgan fingerprint density at radius 3 is 2.57 bits per heavy atom. The molecule has 0 bridgehead atoms. The van der Waals surface area contributed by atoms with Gasteiger partial charge in [0.15, 0.2) is 0 Å². The zero-order valence-corrected chi connectivity index (χ0v) is 12.2. The Hall–Kier alpha value is -2.16. The van der Waals surface area contributed by atoms with E-state index in [0.29, 0.717) is 25.1 Å². The molecule has 2 rings (SSSR count). The van der Waals surface area contributed by atoms with E-state index in [-0.39, 0.29) is 18.0 Å². The topological polar surface area (TPSA) is 83.7 Å².